The molecule has 10 heteroatoms. The highest BCUT2D eigenvalue weighted by Crippen LogP contribution is 2.29. The number of nitrogens with zero attached hydrogens (tertiary/aromatic N) is 2. The maximum Gasteiger partial charge on any atom is 0.242 e. The van der Waals surface area contributed by atoms with Crippen molar-refractivity contribution < 1.29 is 22.7 Å². The molecule has 2 rings (SSSR count). The molecule has 8 nitrogen and oxygen atoms in total. The monoisotopic (exact) mass is 581 g/mol. The van der Waals surface area contributed by atoms with E-state index in [0.29, 0.717) is 18.0 Å². The maximum atomic E-state index is 13.3. The first-order valence-electron chi connectivity index (χ1n) is 11.9. The van der Waals surface area contributed by atoms with Gasteiger partial charge < -0.3 is 15.0 Å². The lowest BCUT2D eigenvalue weighted by molar-refractivity contribution is -0.140. The van der Waals surface area contributed by atoms with Gasteiger partial charge in [0, 0.05) is 30.5 Å². The quantitative estimate of drug-likeness (QED) is 0.382. The van der Waals surface area contributed by atoms with Crippen LogP contribution in [0.1, 0.15) is 39.2 Å². The molecule has 0 saturated heterocycles. The minimum atomic E-state index is -3.61. The highest BCUT2D eigenvalue weighted by atomic mass is 79.9. The lowest BCUT2D eigenvalue weighted by atomic mass is 10.1. The molecule has 0 saturated carbocycles. The molecule has 2 amide bonds. The Hall–Kier alpha value is -2.59. The summed E-state index contributed by atoms with van der Waals surface area (Å²) >= 11 is 3.45. The van der Waals surface area contributed by atoms with Crippen LogP contribution < -0.4 is 14.4 Å². The van der Waals surface area contributed by atoms with Crippen LogP contribution in [0.4, 0.5) is 5.69 Å². The SMILES string of the molecule is COc1ccccc1N(CCCC(=O)N(Cc1cccc(Br)c1)[C@H](C)C(=O)NCC(C)C)S(C)(=O)=O. The summed E-state index contributed by atoms with van der Waals surface area (Å²) in [5.41, 5.74) is 1.30. The number of amides is 2. The van der Waals surface area contributed by atoms with Crippen LogP contribution in [0.2, 0.25) is 0 Å². The van der Waals surface area contributed by atoms with E-state index >= 15 is 0 Å². The molecule has 1 N–H and O–H groups in total. The van der Waals surface area contributed by atoms with Gasteiger partial charge >= 0.3 is 0 Å². The standard InChI is InChI=1S/C26H36BrN3O5S/c1-19(2)17-28-26(32)20(3)29(18-21-10-8-11-22(27)16-21)25(31)14-9-15-30(36(5,33)34)23-12-6-7-13-24(23)35-4/h6-8,10-13,16,19-20H,9,14-15,17-18H2,1-5H3,(H,28,32)/t20-/m1/s1. The fourth-order valence-electron chi connectivity index (χ4n) is 3.69. The molecule has 0 unspecified atom stereocenters. The predicted octanol–water partition coefficient (Wildman–Crippen LogP) is 4.19. The summed E-state index contributed by atoms with van der Waals surface area (Å²) in [5, 5.41) is 2.90. The van der Waals surface area contributed by atoms with Crippen LogP contribution in [-0.2, 0) is 26.2 Å². The Bertz CT molecular complexity index is 1140. The summed E-state index contributed by atoms with van der Waals surface area (Å²) in [4.78, 5) is 27.7. The Balaban J connectivity index is 2.19. The Kier molecular flexibility index (Phi) is 11.2. The average molecular weight is 583 g/mol. The molecule has 0 bridgehead atoms. The third kappa shape index (κ3) is 8.81. The first kappa shape index (κ1) is 29.6. The van der Waals surface area contributed by atoms with Crippen LogP contribution >= 0.6 is 15.9 Å². The van der Waals surface area contributed by atoms with Crippen LogP contribution in [0.3, 0.4) is 0 Å². The molecular weight excluding hydrogens is 546 g/mol. The van der Waals surface area contributed by atoms with Gasteiger partial charge in [0.05, 0.1) is 19.1 Å². The zero-order valence-electron chi connectivity index (χ0n) is 21.5. The molecule has 198 valence electrons. The highest BCUT2D eigenvalue weighted by Gasteiger charge is 2.27. The van der Waals surface area contributed by atoms with E-state index in [1.54, 1.807) is 36.1 Å². The van der Waals surface area contributed by atoms with Crippen molar-refractivity contribution in [2.24, 2.45) is 5.92 Å². The van der Waals surface area contributed by atoms with Gasteiger partial charge in [-0.15, -0.1) is 0 Å². The number of hydrogen-bond donors (Lipinski definition) is 1. The van der Waals surface area contributed by atoms with Gasteiger partial charge in [-0.1, -0.05) is 54.0 Å². The lowest BCUT2D eigenvalue weighted by Crippen LogP contribution is -2.48. The molecule has 0 aliphatic heterocycles. The van der Waals surface area contributed by atoms with Gasteiger partial charge in [0.1, 0.15) is 11.8 Å². The molecule has 0 fully saturated rings. The summed E-state index contributed by atoms with van der Waals surface area (Å²) in [6.45, 7) is 6.60. The van der Waals surface area contributed by atoms with Crippen molar-refractivity contribution in [3.8, 4) is 5.75 Å². The summed E-state index contributed by atoms with van der Waals surface area (Å²) in [7, 11) is -2.13. The van der Waals surface area contributed by atoms with E-state index in [0.717, 1.165) is 16.3 Å². The second-order valence-electron chi connectivity index (χ2n) is 9.08. The third-order valence-corrected chi connectivity index (χ3v) is 7.27. The molecule has 2 aromatic carbocycles. The number of hydrogen-bond acceptors (Lipinski definition) is 5. The number of anilines is 1. The average Bonchev–Trinajstić information content (AvgIpc) is 2.82. The number of para-hydroxylation sites is 2. The van der Waals surface area contributed by atoms with Crippen molar-refractivity contribution in [1.29, 1.82) is 0 Å². The zero-order chi connectivity index (χ0) is 26.9. The molecule has 0 heterocycles. The number of ether oxygens (including phenoxy) is 1. The lowest BCUT2D eigenvalue weighted by Gasteiger charge is -2.30. The number of rotatable bonds is 13. The summed E-state index contributed by atoms with van der Waals surface area (Å²) < 4.78 is 32.5. The largest absolute Gasteiger partial charge is 0.495 e. The first-order valence-corrected chi connectivity index (χ1v) is 14.5. The molecule has 0 spiro atoms. The van der Waals surface area contributed by atoms with Crippen molar-refractivity contribution in [2.45, 2.75) is 46.2 Å². The fraction of sp³-hybridized carbons (Fsp3) is 0.462. The first-order chi connectivity index (χ1) is 16.9. The van der Waals surface area contributed by atoms with E-state index in [4.69, 9.17) is 4.74 Å². The molecule has 1 atom stereocenters. The predicted molar refractivity (Wildman–Crippen MR) is 146 cm³/mol. The van der Waals surface area contributed by atoms with E-state index in [1.165, 1.54) is 11.4 Å². The van der Waals surface area contributed by atoms with Gasteiger partial charge in [0.15, 0.2) is 0 Å². The molecule has 0 aliphatic rings. The van der Waals surface area contributed by atoms with Crippen molar-refractivity contribution in [3.05, 3.63) is 58.6 Å². The second kappa shape index (κ2) is 13.6. The van der Waals surface area contributed by atoms with Crippen LogP contribution in [0.25, 0.3) is 0 Å². The van der Waals surface area contributed by atoms with Gasteiger partial charge in [-0.05, 0) is 49.1 Å². The number of sulfonamides is 1. The van der Waals surface area contributed by atoms with Crippen molar-refractivity contribution >= 4 is 43.5 Å². The molecule has 0 aromatic heterocycles. The van der Waals surface area contributed by atoms with Crippen molar-refractivity contribution in [1.82, 2.24) is 10.2 Å². The number of halogens is 1. The number of carbonyl (C=O) groups excluding carboxylic acids is 2. The van der Waals surface area contributed by atoms with Crippen LogP contribution in [0.15, 0.2) is 53.0 Å². The van der Waals surface area contributed by atoms with Crippen LogP contribution in [-0.4, -0.2) is 57.6 Å². The zero-order valence-corrected chi connectivity index (χ0v) is 23.9. The van der Waals surface area contributed by atoms with Gasteiger partial charge in [0.25, 0.3) is 0 Å². The van der Waals surface area contributed by atoms with E-state index in [9.17, 15) is 18.0 Å². The normalized spacial score (nSPS) is 12.2. The highest BCUT2D eigenvalue weighted by molar-refractivity contribution is 9.10. The molecule has 0 aliphatic carbocycles. The maximum absolute atomic E-state index is 13.3. The minimum absolute atomic E-state index is 0.0803. The topological polar surface area (TPSA) is 96.0 Å². The fourth-order valence-corrected chi connectivity index (χ4v) is 5.10. The number of carbonyl (C=O) groups is 2. The van der Waals surface area contributed by atoms with Gasteiger partial charge in [-0.2, -0.15) is 0 Å². The van der Waals surface area contributed by atoms with Crippen LogP contribution in [0.5, 0.6) is 5.75 Å². The number of methoxy groups -OCH3 is 1. The Morgan fingerprint density at radius 3 is 2.39 bits per heavy atom. The molecular formula is C26H36BrN3O5S. The number of nitrogens with one attached hydrogen (secondary N) is 1. The minimum Gasteiger partial charge on any atom is -0.495 e. The number of benzene rings is 2. The summed E-state index contributed by atoms with van der Waals surface area (Å²) in [6, 6.07) is 13.8. The van der Waals surface area contributed by atoms with Crippen molar-refractivity contribution in [3.63, 3.8) is 0 Å². The van der Waals surface area contributed by atoms with Gasteiger partial charge in [-0.3, -0.25) is 13.9 Å². The smallest absolute Gasteiger partial charge is 0.242 e. The van der Waals surface area contributed by atoms with Gasteiger partial charge in [0.2, 0.25) is 21.8 Å². The Morgan fingerprint density at radius 2 is 1.78 bits per heavy atom. The molecule has 36 heavy (non-hydrogen) atoms. The van der Waals surface area contributed by atoms with Crippen molar-refractivity contribution in [2.75, 3.05) is 30.8 Å². The van der Waals surface area contributed by atoms with E-state index in [2.05, 4.69) is 21.2 Å². The van der Waals surface area contributed by atoms with E-state index in [-0.39, 0.29) is 43.7 Å². The third-order valence-electron chi connectivity index (χ3n) is 5.60. The molecule has 0 radical (unpaired) electrons. The van der Waals surface area contributed by atoms with Crippen LogP contribution in [0, 0.1) is 5.92 Å². The molecule has 2 aromatic rings. The summed E-state index contributed by atoms with van der Waals surface area (Å²) in [6.07, 6.45) is 1.48. The van der Waals surface area contributed by atoms with E-state index in [1.807, 2.05) is 38.1 Å². The van der Waals surface area contributed by atoms with E-state index < -0.39 is 16.1 Å². The van der Waals surface area contributed by atoms with Gasteiger partial charge in [-0.25, -0.2) is 8.42 Å². The summed E-state index contributed by atoms with van der Waals surface area (Å²) in [5.74, 6) is 0.266. The Labute approximate surface area is 223 Å². The Morgan fingerprint density at radius 1 is 1.08 bits per heavy atom. The second-order valence-corrected chi connectivity index (χ2v) is 11.9.